The van der Waals surface area contributed by atoms with Crippen LogP contribution in [0.3, 0.4) is 0 Å². The molecule has 0 spiro atoms. The van der Waals surface area contributed by atoms with Crippen LogP contribution in [0.5, 0.6) is 0 Å². The quantitative estimate of drug-likeness (QED) is 0.190. The van der Waals surface area contributed by atoms with Gasteiger partial charge in [-0.1, -0.05) is 105 Å². The monoisotopic (exact) mass is 552 g/mol. The minimum atomic E-state index is 1.10. The van der Waals surface area contributed by atoms with Crippen LogP contribution < -0.4 is 0 Å². The van der Waals surface area contributed by atoms with Gasteiger partial charge in [-0.15, -0.1) is 0 Å². The molecule has 0 aliphatic rings. The Hall–Kier alpha value is -2.68. The Bertz CT molecular complexity index is 1540. The molecule has 0 heterocycles. The van der Waals surface area contributed by atoms with E-state index >= 15 is 0 Å². The molecule has 0 saturated carbocycles. The van der Waals surface area contributed by atoms with Gasteiger partial charge in [-0.25, -0.2) is 0 Å². The van der Waals surface area contributed by atoms with Crippen LogP contribution >= 0.6 is 31.9 Å². The molecule has 0 radical (unpaired) electrons. The standard InChI is InChI=1S/C31H22Br2/c32-26-10-14-30-24(18-26)8-6-22-16-20(4-12-28(22)30)2-1-3-21-5-13-29-23(17-21)7-9-25-19-27(33)11-15-31(25)29/h4-19H,1-3H2. The minimum Gasteiger partial charge on any atom is -0.0584 e. The van der Waals surface area contributed by atoms with Crippen molar-refractivity contribution in [3.63, 3.8) is 0 Å². The normalized spacial score (nSPS) is 11.7. The number of rotatable bonds is 4. The largest absolute Gasteiger partial charge is 0.0584 e. The van der Waals surface area contributed by atoms with Crippen molar-refractivity contribution in [3.8, 4) is 0 Å². The fraction of sp³-hybridized carbons (Fsp3) is 0.0968. The number of hydrogen-bond donors (Lipinski definition) is 0. The lowest BCUT2D eigenvalue weighted by Gasteiger charge is -2.09. The topological polar surface area (TPSA) is 0 Å². The van der Waals surface area contributed by atoms with Crippen LogP contribution in [0.4, 0.5) is 0 Å². The van der Waals surface area contributed by atoms with Gasteiger partial charge >= 0.3 is 0 Å². The third kappa shape index (κ3) is 4.07. The maximum Gasteiger partial charge on any atom is 0.0181 e. The van der Waals surface area contributed by atoms with Crippen molar-refractivity contribution in [3.05, 3.63) is 117 Å². The van der Waals surface area contributed by atoms with Gasteiger partial charge in [-0.2, -0.15) is 0 Å². The Labute approximate surface area is 210 Å². The first kappa shape index (κ1) is 20.9. The zero-order valence-corrected chi connectivity index (χ0v) is 21.3. The fourth-order valence-electron chi connectivity index (χ4n) is 4.99. The molecule has 0 aliphatic heterocycles. The molecule has 0 nitrogen and oxygen atoms in total. The predicted molar refractivity (Wildman–Crippen MR) is 150 cm³/mol. The van der Waals surface area contributed by atoms with E-state index in [4.69, 9.17) is 0 Å². The van der Waals surface area contributed by atoms with Crippen molar-refractivity contribution < 1.29 is 0 Å². The van der Waals surface area contributed by atoms with Crippen LogP contribution in [0.1, 0.15) is 17.5 Å². The van der Waals surface area contributed by atoms with Crippen LogP contribution in [-0.2, 0) is 12.8 Å². The molecule has 0 saturated heterocycles. The fourth-order valence-corrected chi connectivity index (χ4v) is 5.75. The minimum absolute atomic E-state index is 1.10. The molecule has 2 heteroatoms. The van der Waals surface area contributed by atoms with E-state index in [-0.39, 0.29) is 0 Å². The van der Waals surface area contributed by atoms with Crippen molar-refractivity contribution >= 4 is 74.9 Å². The van der Waals surface area contributed by atoms with Crippen molar-refractivity contribution in [2.45, 2.75) is 19.3 Å². The van der Waals surface area contributed by atoms with Gasteiger partial charge in [0.15, 0.2) is 0 Å². The second-order valence-electron chi connectivity index (χ2n) is 8.83. The number of halogens is 2. The molecule has 0 amide bonds. The van der Waals surface area contributed by atoms with Crippen molar-refractivity contribution in [2.24, 2.45) is 0 Å². The number of fused-ring (bicyclic) bond motifs is 6. The highest BCUT2D eigenvalue weighted by atomic mass is 79.9. The van der Waals surface area contributed by atoms with Crippen LogP contribution in [0.25, 0.3) is 43.1 Å². The van der Waals surface area contributed by atoms with Gasteiger partial charge in [0.25, 0.3) is 0 Å². The Morgan fingerprint density at radius 1 is 0.394 bits per heavy atom. The summed E-state index contributed by atoms with van der Waals surface area (Å²) in [5.41, 5.74) is 2.83. The zero-order valence-electron chi connectivity index (χ0n) is 18.1. The second-order valence-corrected chi connectivity index (χ2v) is 10.7. The lowest BCUT2D eigenvalue weighted by atomic mass is 9.96. The van der Waals surface area contributed by atoms with E-state index in [0.717, 1.165) is 28.2 Å². The molecule has 0 bridgehead atoms. The first-order valence-electron chi connectivity index (χ1n) is 11.4. The molecule has 0 fully saturated rings. The molecule has 33 heavy (non-hydrogen) atoms. The van der Waals surface area contributed by atoms with E-state index in [0.29, 0.717) is 0 Å². The van der Waals surface area contributed by atoms with Crippen molar-refractivity contribution in [1.29, 1.82) is 0 Å². The van der Waals surface area contributed by atoms with E-state index in [1.165, 1.54) is 54.2 Å². The summed E-state index contributed by atoms with van der Waals surface area (Å²) in [5.74, 6) is 0. The molecule has 0 aliphatic carbocycles. The van der Waals surface area contributed by atoms with Gasteiger partial charge in [-0.3, -0.25) is 0 Å². The van der Waals surface area contributed by atoms with Gasteiger partial charge in [0.05, 0.1) is 0 Å². The van der Waals surface area contributed by atoms with Gasteiger partial charge in [0.2, 0.25) is 0 Å². The summed E-state index contributed by atoms with van der Waals surface area (Å²) in [7, 11) is 0. The van der Waals surface area contributed by atoms with E-state index in [2.05, 4.69) is 129 Å². The smallest absolute Gasteiger partial charge is 0.0181 e. The van der Waals surface area contributed by atoms with Gasteiger partial charge in [-0.05, 0) is 97.7 Å². The molecular weight excluding hydrogens is 532 g/mol. The van der Waals surface area contributed by atoms with E-state index in [1.807, 2.05) is 0 Å². The summed E-state index contributed by atoms with van der Waals surface area (Å²) in [6, 6.07) is 35.9. The van der Waals surface area contributed by atoms with E-state index < -0.39 is 0 Å². The summed E-state index contributed by atoms with van der Waals surface area (Å²) < 4.78 is 2.25. The second kappa shape index (κ2) is 8.59. The highest BCUT2D eigenvalue weighted by Crippen LogP contribution is 2.30. The molecule has 0 unspecified atom stereocenters. The molecule has 6 rings (SSSR count). The SMILES string of the molecule is Brc1ccc2c(ccc3cc(CCCc4ccc5c(ccc6cc(Br)ccc65)c4)ccc32)c1. The Balaban J connectivity index is 1.21. The van der Waals surface area contributed by atoms with Crippen LogP contribution in [0.2, 0.25) is 0 Å². The average molecular weight is 554 g/mol. The van der Waals surface area contributed by atoms with Crippen LogP contribution in [0.15, 0.2) is 106 Å². The highest BCUT2D eigenvalue weighted by Gasteiger charge is 2.05. The van der Waals surface area contributed by atoms with Gasteiger partial charge in [0.1, 0.15) is 0 Å². The highest BCUT2D eigenvalue weighted by molar-refractivity contribution is 9.10. The molecule has 0 atom stereocenters. The zero-order chi connectivity index (χ0) is 22.4. The van der Waals surface area contributed by atoms with E-state index in [9.17, 15) is 0 Å². The maximum atomic E-state index is 3.58. The summed E-state index contributed by atoms with van der Waals surface area (Å²) in [5, 5.41) is 10.5. The number of hydrogen-bond acceptors (Lipinski definition) is 0. The Morgan fingerprint density at radius 3 is 1.18 bits per heavy atom. The van der Waals surface area contributed by atoms with Gasteiger partial charge in [0, 0.05) is 8.95 Å². The summed E-state index contributed by atoms with van der Waals surface area (Å²) >= 11 is 7.16. The molecule has 160 valence electrons. The van der Waals surface area contributed by atoms with Crippen molar-refractivity contribution in [2.75, 3.05) is 0 Å². The molecule has 0 aromatic heterocycles. The Morgan fingerprint density at radius 2 is 0.758 bits per heavy atom. The van der Waals surface area contributed by atoms with Crippen LogP contribution in [0, 0.1) is 0 Å². The summed E-state index contributed by atoms with van der Waals surface area (Å²) in [6.45, 7) is 0. The molecule has 0 N–H and O–H groups in total. The maximum absolute atomic E-state index is 3.58. The third-order valence-corrected chi connectivity index (χ3v) is 7.64. The predicted octanol–water partition coefficient (Wildman–Crippen LogP) is 10.00. The summed E-state index contributed by atoms with van der Waals surface area (Å²) in [4.78, 5) is 0. The summed E-state index contributed by atoms with van der Waals surface area (Å²) in [6.07, 6.45) is 3.34. The molecule has 6 aromatic carbocycles. The lowest BCUT2D eigenvalue weighted by molar-refractivity contribution is 0.822. The average Bonchev–Trinajstić information content (AvgIpc) is 2.83. The third-order valence-electron chi connectivity index (χ3n) is 6.66. The van der Waals surface area contributed by atoms with E-state index in [1.54, 1.807) is 0 Å². The first-order chi connectivity index (χ1) is 16.1. The number of benzene rings is 6. The lowest BCUT2D eigenvalue weighted by Crippen LogP contribution is -1.91. The molecule has 6 aromatic rings. The Kier molecular flexibility index (Phi) is 5.44. The number of aryl methyl sites for hydroxylation is 2. The van der Waals surface area contributed by atoms with Crippen LogP contribution in [-0.4, -0.2) is 0 Å². The molecular formula is C31H22Br2. The first-order valence-corrected chi connectivity index (χ1v) is 12.9. The van der Waals surface area contributed by atoms with Crippen molar-refractivity contribution in [1.82, 2.24) is 0 Å². The van der Waals surface area contributed by atoms with Gasteiger partial charge < -0.3 is 0 Å².